The third kappa shape index (κ3) is 3.77. The Morgan fingerprint density at radius 1 is 1.00 bits per heavy atom. The van der Waals surface area contributed by atoms with Gasteiger partial charge in [0.05, 0.1) is 20.9 Å². The van der Waals surface area contributed by atoms with Crippen LogP contribution >= 0.6 is 11.6 Å². The van der Waals surface area contributed by atoms with Crippen LogP contribution in [-0.2, 0) is 0 Å². The zero-order valence-corrected chi connectivity index (χ0v) is 14.2. The fourth-order valence-corrected chi connectivity index (χ4v) is 2.57. The molecule has 1 heterocycles. The number of furan rings is 1. The van der Waals surface area contributed by atoms with Gasteiger partial charge in [-0.2, -0.15) is 0 Å². The molecule has 0 atom stereocenters. The minimum absolute atomic E-state index is 0.0995. The summed E-state index contributed by atoms with van der Waals surface area (Å²) in [6.45, 7) is 0. The number of hydrogen-bond donors (Lipinski definition) is 1. The van der Waals surface area contributed by atoms with Crippen molar-refractivity contribution in [1.29, 1.82) is 0 Å². The Labute approximate surface area is 156 Å². The van der Waals surface area contributed by atoms with Gasteiger partial charge in [0, 0.05) is 11.6 Å². The molecule has 0 bridgehead atoms. The van der Waals surface area contributed by atoms with E-state index in [1.807, 2.05) is 0 Å². The second kappa shape index (κ2) is 7.26. The molecule has 0 aliphatic heterocycles. The number of amides is 1. The van der Waals surface area contributed by atoms with Crippen LogP contribution in [0.25, 0.3) is 11.3 Å². The lowest BCUT2D eigenvalue weighted by Crippen LogP contribution is -2.12. The zero-order chi connectivity index (χ0) is 19.6. The van der Waals surface area contributed by atoms with Gasteiger partial charge in [0.15, 0.2) is 5.76 Å². The first-order valence-electron chi connectivity index (χ1n) is 7.45. The highest BCUT2D eigenvalue weighted by molar-refractivity contribution is 6.33. The lowest BCUT2D eigenvalue weighted by molar-refractivity contribution is -0.393. The molecule has 0 fully saturated rings. The van der Waals surface area contributed by atoms with Crippen molar-refractivity contribution in [3.05, 3.63) is 85.6 Å². The van der Waals surface area contributed by atoms with E-state index in [9.17, 15) is 25.0 Å². The molecule has 3 aromatic rings. The van der Waals surface area contributed by atoms with Crippen molar-refractivity contribution in [3.8, 4) is 11.3 Å². The first-order chi connectivity index (χ1) is 12.9. The maximum atomic E-state index is 12.3. The molecule has 0 unspecified atom stereocenters. The van der Waals surface area contributed by atoms with Crippen LogP contribution in [0, 0.1) is 20.2 Å². The number of nitrogens with one attached hydrogen (secondary N) is 1. The van der Waals surface area contributed by atoms with Crippen molar-refractivity contribution in [2.24, 2.45) is 0 Å². The van der Waals surface area contributed by atoms with Crippen LogP contribution in [-0.4, -0.2) is 15.8 Å². The van der Waals surface area contributed by atoms with E-state index in [1.54, 1.807) is 30.3 Å². The average Bonchev–Trinajstić information content (AvgIpc) is 3.12. The second-order valence-electron chi connectivity index (χ2n) is 5.31. The summed E-state index contributed by atoms with van der Waals surface area (Å²) in [5, 5.41) is 24.7. The van der Waals surface area contributed by atoms with Crippen molar-refractivity contribution >= 4 is 34.6 Å². The van der Waals surface area contributed by atoms with E-state index in [2.05, 4.69) is 5.32 Å². The Bertz CT molecular complexity index is 1060. The molecule has 10 heteroatoms. The van der Waals surface area contributed by atoms with Gasteiger partial charge < -0.3 is 9.73 Å². The number of halogens is 1. The van der Waals surface area contributed by atoms with E-state index in [4.69, 9.17) is 16.0 Å². The predicted octanol–water partition coefficient (Wildman–Crippen LogP) is 4.67. The molecule has 2 aromatic carbocycles. The molecule has 136 valence electrons. The van der Waals surface area contributed by atoms with Crippen molar-refractivity contribution in [1.82, 2.24) is 0 Å². The molecule has 0 saturated heterocycles. The maximum Gasteiger partial charge on any atom is 0.299 e. The lowest BCUT2D eigenvalue weighted by Gasteiger charge is -2.04. The van der Waals surface area contributed by atoms with Crippen LogP contribution in [0.15, 0.2) is 59.0 Å². The van der Waals surface area contributed by atoms with Gasteiger partial charge in [-0.1, -0.05) is 23.7 Å². The lowest BCUT2D eigenvalue weighted by atomic mass is 10.2. The Balaban J connectivity index is 1.87. The number of rotatable bonds is 5. The van der Waals surface area contributed by atoms with E-state index >= 15 is 0 Å². The summed E-state index contributed by atoms with van der Waals surface area (Å²) in [5.41, 5.74) is -0.667. The Hall–Kier alpha value is -3.72. The van der Waals surface area contributed by atoms with Crippen molar-refractivity contribution in [3.63, 3.8) is 0 Å². The molecule has 0 saturated carbocycles. The zero-order valence-electron chi connectivity index (χ0n) is 13.4. The topological polar surface area (TPSA) is 129 Å². The van der Waals surface area contributed by atoms with Crippen LogP contribution in [0.5, 0.6) is 0 Å². The van der Waals surface area contributed by atoms with Gasteiger partial charge in [-0.3, -0.25) is 25.0 Å². The van der Waals surface area contributed by atoms with Gasteiger partial charge >= 0.3 is 0 Å². The summed E-state index contributed by atoms with van der Waals surface area (Å²) >= 11 is 6.08. The molecule has 0 spiro atoms. The third-order valence-electron chi connectivity index (χ3n) is 3.61. The van der Waals surface area contributed by atoms with E-state index in [-0.39, 0.29) is 11.4 Å². The van der Waals surface area contributed by atoms with Gasteiger partial charge in [-0.25, -0.2) is 0 Å². The number of nitro groups is 2. The molecule has 0 aliphatic carbocycles. The number of nitrogens with zero attached hydrogens (tertiary/aromatic N) is 2. The molecular formula is C17H10ClN3O6. The quantitative estimate of drug-likeness (QED) is 0.500. The van der Waals surface area contributed by atoms with E-state index in [0.29, 0.717) is 16.3 Å². The SMILES string of the molecule is O=C(Nc1ccc([N+](=O)[O-])cc1[N+](=O)[O-])c1ccc(-c2ccccc2Cl)o1. The van der Waals surface area contributed by atoms with Crippen LogP contribution in [0.3, 0.4) is 0 Å². The second-order valence-corrected chi connectivity index (χ2v) is 5.72. The van der Waals surface area contributed by atoms with Gasteiger partial charge in [-0.05, 0) is 30.3 Å². The molecule has 0 aliphatic rings. The molecule has 1 amide bonds. The van der Waals surface area contributed by atoms with Gasteiger partial charge in [0.2, 0.25) is 0 Å². The highest BCUT2D eigenvalue weighted by Crippen LogP contribution is 2.31. The van der Waals surface area contributed by atoms with Crippen molar-refractivity contribution in [2.75, 3.05) is 5.32 Å². The molecular weight excluding hydrogens is 378 g/mol. The molecule has 0 radical (unpaired) electrons. The summed E-state index contributed by atoms with van der Waals surface area (Å²) in [6, 6.07) is 12.7. The van der Waals surface area contributed by atoms with Gasteiger partial charge in [-0.15, -0.1) is 0 Å². The number of nitro benzene ring substituents is 2. The molecule has 27 heavy (non-hydrogen) atoms. The Kier molecular flexibility index (Phi) is 4.86. The summed E-state index contributed by atoms with van der Waals surface area (Å²) in [4.78, 5) is 32.7. The number of carbonyl (C=O) groups excluding carboxylic acids is 1. The number of hydrogen-bond acceptors (Lipinski definition) is 6. The van der Waals surface area contributed by atoms with E-state index < -0.39 is 27.1 Å². The molecule has 1 N–H and O–H groups in total. The summed E-state index contributed by atoms with van der Waals surface area (Å²) in [5.74, 6) is -0.494. The van der Waals surface area contributed by atoms with Crippen LogP contribution in [0.4, 0.5) is 17.1 Å². The fraction of sp³-hybridized carbons (Fsp3) is 0. The van der Waals surface area contributed by atoms with Gasteiger partial charge in [0.25, 0.3) is 17.3 Å². The normalized spacial score (nSPS) is 10.4. The maximum absolute atomic E-state index is 12.3. The van der Waals surface area contributed by atoms with Crippen LogP contribution in [0.2, 0.25) is 5.02 Å². The predicted molar refractivity (Wildman–Crippen MR) is 96.9 cm³/mol. The minimum atomic E-state index is -0.820. The van der Waals surface area contributed by atoms with E-state index in [0.717, 1.165) is 18.2 Å². The highest BCUT2D eigenvalue weighted by Gasteiger charge is 2.22. The number of non-ortho nitro benzene ring substituents is 1. The first-order valence-corrected chi connectivity index (χ1v) is 7.83. The first kappa shape index (κ1) is 18.1. The third-order valence-corrected chi connectivity index (χ3v) is 3.94. The van der Waals surface area contributed by atoms with E-state index in [1.165, 1.54) is 6.07 Å². The van der Waals surface area contributed by atoms with Gasteiger partial charge in [0.1, 0.15) is 11.4 Å². The van der Waals surface area contributed by atoms with Crippen molar-refractivity contribution in [2.45, 2.75) is 0 Å². The fourth-order valence-electron chi connectivity index (χ4n) is 2.34. The van der Waals surface area contributed by atoms with Crippen molar-refractivity contribution < 1.29 is 19.1 Å². The minimum Gasteiger partial charge on any atom is -0.451 e. The number of carbonyl (C=O) groups is 1. The monoisotopic (exact) mass is 387 g/mol. The Morgan fingerprint density at radius 3 is 2.41 bits per heavy atom. The summed E-state index contributed by atoms with van der Waals surface area (Å²) < 4.78 is 5.47. The van der Waals surface area contributed by atoms with Crippen LogP contribution < -0.4 is 5.32 Å². The summed E-state index contributed by atoms with van der Waals surface area (Å²) in [7, 11) is 0. The largest absolute Gasteiger partial charge is 0.451 e. The Morgan fingerprint density at radius 2 is 1.74 bits per heavy atom. The smallest absolute Gasteiger partial charge is 0.299 e. The number of benzene rings is 2. The highest BCUT2D eigenvalue weighted by atomic mass is 35.5. The number of anilines is 1. The molecule has 1 aromatic heterocycles. The van der Waals surface area contributed by atoms with Crippen LogP contribution in [0.1, 0.15) is 10.6 Å². The molecule has 9 nitrogen and oxygen atoms in total. The summed E-state index contributed by atoms with van der Waals surface area (Å²) in [6.07, 6.45) is 0. The molecule has 3 rings (SSSR count). The average molecular weight is 388 g/mol. The standard InChI is InChI=1S/C17H10ClN3O6/c18-12-4-2-1-3-11(12)15-7-8-16(27-15)17(22)19-13-6-5-10(20(23)24)9-14(13)21(25)26/h1-9H,(H,19,22).